The van der Waals surface area contributed by atoms with Crippen LogP contribution in [0.5, 0.6) is 0 Å². The molecular formula is C50H39N3O4. The SMILES string of the molecule is O=c1n(CC2CO2)c(=O)n(CC(c2cccc3ccccc23)c2cccc3ccccc23)c(=O)n1CC(c1cccc2ccccc12)c1cccc2ccccc12. The first kappa shape index (κ1) is 34.6. The highest BCUT2D eigenvalue weighted by atomic mass is 16.6. The van der Waals surface area contributed by atoms with E-state index < -0.39 is 28.9 Å². The molecule has 57 heavy (non-hydrogen) atoms. The van der Waals surface area contributed by atoms with Crippen molar-refractivity contribution in [2.24, 2.45) is 0 Å². The van der Waals surface area contributed by atoms with Gasteiger partial charge < -0.3 is 4.74 Å². The lowest BCUT2D eigenvalue weighted by Crippen LogP contribution is -2.56. The second-order valence-electron chi connectivity index (χ2n) is 15.0. The van der Waals surface area contributed by atoms with E-state index >= 15 is 4.79 Å². The van der Waals surface area contributed by atoms with E-state index in [1.807, 2.05) is 72.8 Å². The minimum Gasteiger partial charge on any atom is -0.371 e. The third-order valence-corrected chi connectivity index (χ3v) is 11.7. The second kappa shape index (κ2) is 14.3. The summed E-state index contributed by atoms with van der Waals surface area (Å²) in [4.78, 5) is 44.6. The monoisotopic (exact) mass is 745 g/mol. The Kier molecular flexibility index (Phi) is 8.72. The molecule has 9 aromatic rings. The van der Waals surface area contributed by atoms with Crippen LogP contribution in [0.2, 0.25) is 0 Å². The molecule has 0 bridgehead atoms. The Morgan fingerprint density at radius 1 is 0.404 bits per heavy atom. The van der Waals surface area contributed by atoms with Crippen LogP contribution in [0, 0.1) is 0 Å². The predicted octanol–water partition coefficient (Wildman–Crippen LogP) is 8.85. The van der Waals surface area contributed by atoms with Crippen molar-refractivity contribution >= 4 is 43.1 Å². The maximum atomic E-state index is 15.2. The van der Waals surface area contributed by atoms with Crippen LogP contribution < -0.4 is 17.1 Å². The maximum absolute atomic E-state index is 15.2. The average Bonchev–Trinajstić information content (AvgIpc) is 4.09. The summed E-state index contributed by atoms with van der Waals surface area (Å²) >= 11 is 0. The van der Waals surface area contributed by atoms with Gasteiger partial charge >= 0.3 is 17.1 Å². The molecule has 7 nitrogen and oxygen atoms in total. The Balaban J connectivity index is 1.21. The number of aromatic nitrogens is 3. The summed E-state index contributed by atoms with van der Waals surface area (Å²) in [5, 5.41) is 8.41. The van der Waals surface area contributed by atoms with E-state index in [1.54, 1.807) is 0 Å². The van der Waals surface area contributed by atoms with Crippen LogP contribution in [0.15, 0.2) is 184 Å². The molecule has 0 N–H and O–H groups in total. The highest BCUT2D eigenvalue weighted by Gasteiger charge is 2.30. The van der Waals surface area contributed by atoms with Gasteiger partial charge in [-0.1, -0.05) is 170 Å². The van der Waals surface area contributed by atoms with Crippen molar-refractivity contribution in [1.82, 2.24) is 13.7 Å². The van der Waals surface area contributed by atoms with Gasteiger partial charge in [-0.3, -0.25) is 0 Å². The molecule has 278 valence electrons. The van der Waals surface area contributed by atoms with Gasteiger partial charge in [-0.2, -0.15) is 0 Å². The lowest BCUT2D eigenvalue weighted by molar-refractivity contribution is 0.355. The topological polar surface area (TPSA) is 78.5 Å². The summed E-state index contributed by atoms with van der Waals surface area (Å²) in [5.74, 6) is -0.813. The first-order valence-electron chi connectivity index (χ1n) is 19.5. The molecule has 1 aliphatic heterocycles. The van der Waals surface area contributed by atoms with Gasteiger partial charge in [-0.05, 0) is 65.3 Å². The van der Waals surface area contributed by atoms with Crippen molar-refractivity contribution in [2.45, 2.75) is 37.6 Å². The molecule has 1 fully saturated rings. The molecule has 10 rings (SSSR count). The Morgan fingerprint density at radius 2 is 0.684 bits per heavy atom. The number of ether oxygens (including phenoxy) is 1. The molecular weight excluding hydrogens is 707 g/mol. The van der Waals surface area contributed by atoms with Crippen molar-refractivity contribution in [3.63, 3.8) is 0 Å². The zero-order valence-electron chi connectivity index (χ0n) is 31.2. The molecule has 0 amide bonds. The van der Waals surface area contributed by atoms with Gasteiger partial charge in [-0.15, -0.1) is 0 Å². The van der Waals surface area contributed by atoms with Crippen LogP contribution in [0.25, 0.3) is 43.1 Å². The molecule has 1 saturated heterocycles. The van der Waals surface area contributed by atoms with E-state index in [0.29, 0.717) is 6.61 Å². The Hall–Kier alpha value is -6.83. The number of epoxide rings is 1. The van der Waals surface area contributed by atoms with E-state index in [0.717, 1.165) is 65.3 Å². The molecule has 1 aliphatic rings. The molecule has 1 aromatic heterocycles. The third kappa shape index (κ3) is 6.26. The molecule has 0 aliphatic carbocycles. The Morgan fingerprint density at radius 3 is 1.00 bits per heavy atom. The maximum Gasteiger partial charge on any atom is 0.336 e. The minimum atomic E-state index is -0.631. The Labute approximate surface area is 328 Å². The number of hydrogen-bond acceptors (Lipinski definition) is 4. The van der Waals surface area contributed by atoms with Gasteiger partial charge in [-0.25, -0.2) is 28.1 Å². The van der Waals surface area contributed by atoms with Gasteiger partial charge in [0.1, 0.15) is 0 Å². The van der Waals surface area contributed by atoms with E-state index in [9.17, 15) is 9.59 Å². The number of nitrogens with zero attached hydrogens (tertiary/aromatic N) is 3. The van der Waals surface area contributed by atoms with E-state index in [1.165, 1.54) is 13.7 Å². The average molecular weight is 746 g/mol. The zero-order chi connectivity index (χ0) is 38.5. The van der Waals surface area contributed by atoms with Crippen molar-refractivity contribution in [3.05, 3.63) is 224 Å². The number of rotatable bonds is 10. The van der Waals surface area contributed by atoms with Crippen molar-refractivity contribution < 1.29 is 4.74 Å². The molecule has 2 heterocycles. The highest BCUT2D eigenvalue weighted by Crippen LogP contribution is 2.37. The summed E-state index contributed by atoms with van der Waals surface area (Å²) in [6.45, 7) is 0.573. The van der Waals surface area contributed by atoms with Crippen molar-refractivity contribution in [1.29, 1.82) is 0 Å². The first-order valence-corrected chi connectivity index (χ1v) is 19.5. The third-order valence-electron chi connectivity index (χ3n) is 11.7. The van der Waals surface area contributed by atoms with E-state index in [4.69, 9.17) is 4.74 Å². The van der Waals surface area contributed by atoms with E-state index in [-0.39, 0.29) is 25.7 Å². The summed E-state index contributed by atoms with van der Waals surface area (Å²) in [7, 11) is 0. The Bertz CT molecular complexity index is 2790. The summed E-state index contributed by atoms with van der Waals surface area (Å²) in [6, 6.07) is 57.6. The van der Waals surface area contributed by atoms with Crippen molar-refractivity contribution in [3.8, 4) is 0 Å². The summed E-state index contributed by atoms with van der Waals surface area (Å²) < 4.78 is 9.37. The second-order valence-corrected chi connectivity index (χ2v) is 15.0. The summed E-state index contributed by atoms with van der Waals surface area (Å²) in [5.41, 5.74) is 2.09. The van der Waals surface area contributed by atoms with Crippen LogP contribution >= 0.6 is 0 Å². The van der Waals surface area contributed by atoms with Crippen LogP contribution in [-0.4, -0.2) is 26.4 Å². The standard InChI is InChI=1S/C50H39N3O4/c54-48-51(29-37-32-57-37)49(55)53(31-47(44-27-11-19-35-15-3-7-23-40(35)44)45-28-12-20-36-16-4-8-24-41(36)45)50(56)52(48)30-46(42-25-9-17-33-13-1-5-21-38(33)42)43-26-10-18-34-14-2-6-22-39(34)43/h1-28,37,46-47H,29-32H2. The van der Waals surface area contributed by atoms with Gasteiger partial charge in [0.15, 0.2) is 0 Å². The molecule has 8 aromatic carbocycles. The smallest absolute Gasteiger partial charge is 0.336 e. The molecule has 0 spiro atoms. The summed E-state index contributed by atoms with van der Waals surface area (Å²) in [6.07, 6.45) is -0.270. The lowest BCUT2D eigenvalue weighted by Gasteiger charge is -2.25. The fourth-order valence-corrected chi connectivity index (χ4v) is 8.84. The van der Waals surface area contributed by atoms with Gasteiger partial charge in [0.05, 0.1) is 19.3 Å². The van der Waals surface area contributed by atoms with E-state index in [2.05, 4.69) is 97.1 Å². The predicted molar refractivity (Wildman–Crippen MR) is 228 cm³/mol. The lowest BCUT2D eigenvalue weighted by atomic mass is 9.85. The quantitative estimate of drug-likeness (QED) is 0.131. The number of fused-ring (bicyclic) bond motifs is 4. The normalized spacial score (nSPS) is 14.0. The first-order chi connectivity index (χ1) is 28.0. The zero-order valence-corrected chi connectivity index (χ0v) is 31.2. The molecule has 7 heteroatoms. The number of benzene rings is 8. The molecule has 0 radical (unpaired) electrons. The molecule has 1 atom stereocenters. The highest BCUT2D eigenvalue weighted by molar-refractivity contribution is 5.91. The van der Waals surface area contributed by atoms with Crippen LogP contribution in [0.3, 0.4) is 0 Å². The molecule has 0 saturated carbocycles. The van der Waals surface area contributed by atoms with Crippen LogP contribution in [-0.2, 0) is 24.4 Å². The van der Waals surface area contributed by atoms with Crippen LogP contribution in [0.4, 0.5) is 0 Å². The van der Waals surface area contributed by atoms with Gasteiger partial charge in [0.2, 0.25) is 0 Å². The number of hydrogen-bond donors (Lipinski definition) is 0. The minimum absolute atomic E-state index is 0.0265. The molecule has 1 unspecified atom stereocenters. The van der Waals surface area contributed by atoms with Crippen LogP contribution in [0.1, 0.15) is 34.1 Å². The largest absolute Gasteiger partial charge is 0.371 e. The van der Waals surface area contributed by atoms with Gasteiger partial charge in [0, 0.05) is 24.9 Å². The fraction of sp³-hybridized carbons (Fsp3) is 0.140. The van der Waals surface area contributed by atoms with Crippen molar-refractivity contribution in [2.75, 3.05) is 6.61 Å². The van der Waals surface area contributed by atoms with Gasteiger partial charge in [0.25, 0.3) is 0 Å². The fourth-order valence-electron chi connectivity index (χ4n) is 8.84.